The van der Waals surface area contributed by atoms with Gasteiger partial charge >= 0.3 is 5.97 Å². The van der Waals surface area contributed by atoms with Crippen molar-refractivity contribution >= 4 is 22.7 Å². The van der Waals surface area contributed by atoms with Gasteiger partial charge in [-0.25, -0.2) is 14.8 Å². The van der Waals surface area contributed by atoms with Gasteiger partial charge in [0.2, 0.25) is 5.82 Å². The molecule has 1 aliphatic rings. The second-order valence-electron chi connectivity index (χ2n) is 5.80. The van der Waals surface area contributed by atoms with Crippen molar-refractivity contribution in [2.45, 2.75) is 26.7 Å². The Bertz CT molecular complexity index is 687. The predicted octanol–water partition coefficient (Wildman–Crippen LogP) is 3.04. The Kier molecular flexibility index (Phi) is 4.22. The normalized spacial score (nSPS) is 18.5. The molecular weight excluding hydrogens is 278 g/mol. The van der Waals surface area contributed by atoms with E-state index in [0.717, 1.165) is 36.2 Å². The molecule has 2 aromatic rings. The number of nitrogens with zero attached hydrogens (tertiary/aromatic N) is 3. The third-order valence-electron chi connectivity index (χ3n) is 4.00. The molecule has 1 aromatic carbocycles. The maximum Gasteiger partial charge on any atom is 0.376 e. The monoisotopic (exact) mass is 299 g/mol. The highest BCUT2D eigenvalue weighted by molar-refractivity contribution is 5.94. The van der Waals surface area contributed by atoms with Crippen molar-refractivity contribution in [1.82, 2.24) is 9.97 Å². The molecule has 5 nitrogen and oxygen atoms in total. The molecule has 1 atom stereocenters. The van der Waals surface area contributed by atoms with Gasteiger partial charge in [-0.05, 0) is 37.8 Å². The van der Waals surface area contributed by atoms with E-state index in [-0.39, 0.29) is 5.82 Å². The summed E-state index contributed by atoms with van der Waals surface area (Å²) < 4.78 is 5.06. The van der Waals surface area contributed by atoms with Crippen molar-refractivity contribution in [3.8, 4) is 0 Å². The number of piperidine rings is 1. The summed E-state index contributed by atoms with van der Waals surface area (Å²) in [4.78, 5) is 23.2. The van der Waals surface area contributed by atoms with E-state index in [1.165, 1.54) is 6.42 Å². The molecule has 5 heteroatoms. The average molecular weight is 299 g/mol. The third kappa shape index (κ3) is 2.89. The first-order valence-electron chi connectivity index (χ1n) is 7.88. The standard InChI is InChI=1S/C17H21N3O2/c1-3-22-17(21)15-18-14-9-5-4-8-13(14)16(19-15)20-10-6-7-12(2)11-20/h4-5,8-9,12H,3,6-7,10-11H2,1-2H3. The van der Waals surface area contributed by atoms with Gasteiger partial charge in [0.25, 0.3) is 0 Å². The van der Waals surface area contributed by atoms with E-state index in [1.807, 2.05) is 24.3 Å². The Hall–Kier alpha value is -2.17. The highest BCUT2D eigenvalue weighted by atomic mass is 16.5. The Balaban J connectivity index is 2.07. The average Bonchev–Trinajstić information content (AvgIpc) is 2.54. The zero-order chi connectivity index (χ0) is 15.5. The lowest BCUT2D eigenvalue weighted by molar-refractivity contribution is 0.0512. The van der Waals surface area contributed by atoms with Gasteiger partial charge in [-0.3, -0.25) is 0 Å². The summed E-state index contributed by atoms with van der Waals surface area (Å²) in [5, 5.41) is 0.990. The first kappa shape index (κ1) is 14.8. The van der Waals surface area contributed by atoms with Gasteiger partial charge in [0.1, 0.15) is 5.82 Å². The molecule has 1 unspecified atom stereocenters. The van der Waals surface area contributed by atoms with Crippen molar-refractivity contribution in [2.75, 3.05) is 24.6 Å². The minimum Gasteiger partial charge on any atom is -0.460 e. The van der Waals surface area contributed by atoms with E-state index >= 15 is 0 Å². The minimum atomic E-state index is -0.459. The van der Waals surface area contributed by atoms with Crippen LogP contribution in [0.15, 0.2) is 24.3 Å². The number of carbonyl (C=O) groups excluding carboxylic acids is 1. The van der Waals surface area contributed by atoms with Gasteiger partial charge in [-0.15, -0.1) is 0 Å². The van der Waals surface area contributed by atoms with Crippen molar-refractivity contribution in [3.05, 3.63) is 30.1 Å². The summed E-state index contributed by atoms with van der Waals surface area (Å²) in [6, 6.07) is 7.83. The third-order valence-corrected chi connectivity index (χ3v) is 4.00. The molecule has 1 aromatic heterocycles. The van der Waals surface area contributed by atoms with E-state index in [9.17, 15) is 4.79 Å². The van der Waals surface area contributed by atoms with Gasteiger partial charge in [0.15, 0.2) is 0 Å². The van der Waals surface area contributed by atoms with Crippen LogP contribution in [-0.4, -0.2) is 35.6 Å². The molecule has 0 aliphatic carbocycles. The lowest BCUT2D eigenvalue weighted by Gasteiger charge is -2.32. The van der Waals surface area contributed by atoms with E-state index in [1.54, 1.807) is 6.92 Å². The molecule has 0 bridgehead atoms. The molecule has 0 N–H and O–H groups in total. The van der Waals surface area contributed by atoms with Crippen molar-refractivity contribution in [1.29, 1.82) is 0 Å². The number of benzene rings is 1. The molecule has 22 heavy (non-hydrogen) atoms. The number of ether oxygens (including phenoxy) is 1. The second-order valence-corrected chi connectivity index (χ2v) is 5.80. The maximum atomic E-state index is 12.0. The van der Waals surface area contributed by atoms with Crippen LogP contribution in [0, 0.1) is 5.92 Å². The Labute approximate surface area is 130 Å². The fraction of sp³-hybridized carbons (Fsp3) is 0.471. The highest BCUT2D eigenvalue weighted by Gasteiger charge is 2.22. The van der Waals surface area contributed by atoms with Crippen LogP contribution in [0.4, 0.5) is 5.82 Å². The first-order valence-corrected chi connectivity index (χ1v) is 7.88. The van der Waals surface area contributed by atoms with E-state index < -0.39 is 5.97 Å². The number of rotatable bonds is 3. The van der Waals surface area contributed by atoms with Gasteiger partial charge in [-0.1, -0.05) is 19.1 Å². The van der Waals surface area contributed by atoms with E-state index in [2.05, 4.69) is 21.8 Å². The van der Waals surface area contributed by atoms with Crippen molar-refractivity contribution in [3.63, 3.8) is 0 Å². The van der Waals surface area contributed by atoms with Crippen LogP contribution >= 0.6 is 0 Å². The van der Waals surface area contributed by atoms with Crippen LogP contribution in [0.25, 0.3) is 10.9 Å². The zero-order valence-electron chi connectivity index (χ0n) is 13.1. The first-order chi connectivity index (χ1) is 10.7. The topological polar surface area (TPSA) is 55.3 Å². The van der Waals surface area contributed by atoms with Gasteiger partial charge < -0.3 is 9.64 Å². The van der Waals surface area contributed by atoms with Gasteiger partial charge in [0, 0.05) is 18.5 Å². The lowest BCUT2D eigenvalue weighted by Crippen LogP contribution is -2.35. The van der Waals surface area contributed by atoms with Gasteiger partial charge in [-0.2, -0.15) is 0 Å². The van der Waals surface area contributed by atoms with Crippen LogP contribution in [0.5, 0.6) is 0 Å². The molecule has 1 saturated heterocycles. The molecule has 2 heterocycles. The molecule has 0 saturated carbocycles. The Morgan fingerprint density at radius 2 is 2.18 bits per heavy atom. The number of fused-ring (bicyclic) bond motifs is 1. The molecule has 0 spiro atoms. The quantitative estimate of drug-likeness (QED) is 0.815. The predicted molar refractivity (Wildman–Crippen MR) is 86.1 cm³/mol. The largest absolute Gasteiger partial charge is 0.460 e. The highest BCUT2D eigenvalue weighted by Crippen LogP contribution is 2.28. The lowest BCUT2D eigenvalue weighted by atomic mass is 10.00. The summed E-state index contributed by atoms with van der Waals surface area (Å²) in [5.74, 6) is 1.17. The number of esters is 1. The summed E-state index contributed by atoms with van der Waals surface area (Å²) in [6.07, 6.45) is 2.39. The van der Waals surface area contributed by atoms with Crippen LogP contribution in [0.1, 0.15) is 37.3 Å². The van der Waals surface area contributed by atoms with Crippen molar-refractivity contribution < 1.29 is 9.53 Å². The van der Waals surface area contributed by atoms with Gasteiger partial charge in [0.05, 0.1) is 12.1 Å². The number of aromatic nitrogens is 2. The molecular formula is C17H21N3O2. The molecule has 1 fully saturated rings. The smallest absolute Gasteiger partial charge is 0.376 e. The molecule has 3 rings (SSSR count). The van der Waals surface area contributed by atoms with E-state index in [0.29, 0.717) is 12.5 Å². The Morgan fingerprint density at radius 1 is 1.36 bits per heavy atom. The molecule has 0 amide bonds. The fourth-order valence-electron chi connectivity index (χ4n) is 2.97. The molecule has 1 aliphatic heterocycles. The summed E-state index contributed by atoms with van der Waals surface area (Å²) >= 11 is 0. The van der Waals surface area contributed by atoms with Crippen LogP contribution in [-0.2, 0) is 4.74 Å². The summed E-state index contributed by atoms with van der Waals surface area (Å²) in [7, 11) is 0. The number of hydrogen-bond acceptors (Lipinski definition) is 5. The number of anilines is 1. The maximum absolute atomic E-state index is 12.0. The van der Waals surface area contributed by atoms with Crippen LogP contribution in [0.3, 0.4) is 0 Å². The zero-order valence-corrected chi connectivity index (χ0v) is 13.1. The summed E-state index contributed by atoms with van der Waals surface area (Å²) in [5.41, 5.74) is 0.786. The minimum absolute atomic E-state index is 0.147. The number of carbonyl (C=O) groups is 1. The van der Waals surface area contributed by atoms with Crippen LogP contribution in [0.2, 0.25) is 0 Å². The Morgan fingerprint density at radius 3 is 2.95 bits per heavy atom. The summed E-state index contributed by atoms with van der Waals surface area (Å²) in [6.45, 7) is 6.29. The number of hydrogen-bond donors (Lipinski definition) is 0. The van der Waals surface area contributed by atoms with E-state index in [4.69, 9.17) is 4.74 Å². The van der Waals surface area contributed by atoms with Crippen LogP contribution < -0.4 is 4.90 Å². The molecule has 116 valence electrons. The van der Waals surface area contributed by atoms with Crippen molar-refractivity contribution in [2.24, 2.45) is 5.92 Å². The SMILES string of the molecule is CCOC(=O)c1nc(N2CCCC(C)C2)c2ccccc2n1. The molecule has 0 radical (unpaired) electrons. The fourth-order valence-corrected chi connectivity index (χ4v) is 2.97. The number of para-hydroxylation sites is 1. The second kappa shape index (κ2) is 6.30.